The first-order valence-electron chi connectivity index (χ1n) is 10.3. The summed E-state index contributed by atoms with van der Waals surface area (Å²) in [7, 11) is 0. The van der Waals surface area contributed by atoms with Crippen molar-refractivity contribution in [2.24, 2.45) is 17.1 Å². The molecule has 1 aromatic rings. The lowest BCUT2D eigenvalue weighted by Crippen LogP contribution is -2.51. The van der Waals surface area contributed by atoms with E-state index in [-0.39, 0.29) is 11.3 Å². The molecule has 21 heavy (non-hydrogen) atoms. The van der Waals surface area contributed by atoms with Gasteiger partial charge in [-0.1, -0.05) is 52.3 Å². The van der Waals surface area contributed by atoms with Crippen molar-refractivity contribution in [1.82, 2.24) is 0 Å². The van der Waals surface area contributed by atoms with Crippen molar-refractivity contribution in [3.05, 3.63) is 34.9 Å². The van der Waals surface area contributed by atoms with Crippen LogP contribution in [0.4, 0.5) is 0 Å². The van der Waals surface area contributed by atoms with Crippen molar-refractivity contribution in [1.29, 1.82) is 0 Å². The fourth-order valence-corrected chi connectivity index (χ4v) is 4.43. The molecule has 1 aromatic carbocycles. The van der Waals surface area contributed by atoms with Crippen LogP contribution in [0.3, 0.4) is 0 Å². The zero-order valence-corrected chi connectivity index (χ0v) is 13.8. The third-order valence-electron chi connectivity index (χ3n) is 5.92. The molecule has 0 saturated heterocycles. The lowest BCUT2D eigenvalue weighted by atomic mass is 9.50. The molecule has 2 aliphatic rings. The average molecular weight is 289 g/mol. The number of rotatable bonds is 2. The Kier molecular flexibility index (Phi) is 2.64. The van der Waals surface area contributed by atoms with Gasteiger partial charge in [0.15, 0.2) is 0 Å². The lowest BCUT2D eigenvalue weighted by molar-refractivity contribution is 0.0326. The molecule has 1 saturated carbocycles. The highest BCUT2D eigenvalue weighted by Gasteiger charge is 2.50. The molecule has 0 aromatic heterocycles. The molecule has 0 bridgehead atoms. The van der Waals surface area contributed by atoms with Crippen LogP contribution >= 0.6 is 0 Å². The van der Waals surface area contributed by atoms with Gasteiger partial charge in [0.05, 0.1) is 0 Å². The molecule has 0 unspecified atom stereocenters. The number of hydrogen-bond acceptors (Lipinski definition) is 1. The van der Waals surface area contributed by atoms with E-state index in [0.29, 0.717) is 12.1 Å². The van der Waals surface area contributed by atoms with E-state index in [4.69, 9.17) is 11.2 Å². The van der Waals surface area contributed by atoms with Crippen LogP contribution in [0.5, 0.6) is 0 Å². The van der Waals surface area contributed by atoms with Crippen molar-refractivity contribution in [2.75, 3.05) is 6.54 Å². The summed E-state index contributed by atoms with van der Waals surface area (Å²) in [6.45, 7) is 8.75. The second-order valence-corrected chi connectivity index (χ2v) is 7.79. The molecule has 0 amide bonds. The maximum absolute atomic E-state index is 8.88. The zero-order chi connectivity index (χ0) is 18.8. The maximum Gasteiger partial charge on any atom is 0.0316 e. The predicted molar refractivity (Wildman–Crippen MR) is 90.7 cm³/mol. The summed E-state index contributed by atoms with van der Waals surface area (Å²) in [5, 5.41) is 0. The summed E-state index contributed by atoms with van der Waals surface area (Å²) >= 11 is 0. The molecule has 0 heterocycles. The van der Waals surface area contributed by atoms with Gasteiger partial charge in [0.25, 0.3) is 0 Å². The second kappa shape index (κ2) is 5.12. The Hall–Kier alpha value is -0.820. The van der Waals surface area contributed by atoms with Crippen LogP contribution < -0.4 is 5.73 Å². The van der Waals surface area contributed by atoms with Crippen LogP contribution in [-0.2, 0) is 11.8 Å². The van der Waals surface area contributed by atoms with Gasteiger partial charge in [-0.3, -0.25) is 0 Å². The molecule has 2 N–H and O–H groups in total. The average Bonchev–Trinajstić information content (AvgIpc) is 2.52. The maximum atomic E-state index is 8.88. The van der Waals surface area contributed by atoms with E-state index in [0.717, 1.165) is 30.4 Å². The molecule has 2 aliphatic carbocycles. The summed E-state index contributed by atoms with van der Waals surface area (Å²) in [6, 6.07) is 6.07. The van der Waals surface area contributed by atoms with Gasteiger partial charge in [0.2, 0.25) is 0 Å². The Morgan fingerprint density at radius 2 is 2.10 bits per heavy atom. The van der Waals surface area contributed by atoms with Crippen LogP contribution in [0.25, 0.3) is 0 Å². The van der Waals surface area contributed by atoms with Crippen molar-refractivity contribution in [3.63, 3.8) is 0 Å². The van der Waals surface area contributed by atoms with Crippen LogP contribution in [0, 0.1) is 11.3 Å². The molecule has 3 atom stereocenters. The third kappa shape index (κ3) is 2.25. The number of hydrogen-bond donors (Lipinski definition) is 1. The van der Waals surface area contributed by atoms with E-state index in [1.807, 2.05) is 6.07 Å². The zero-order valence-electron chi connectivity index (χ0n) is 17.8. The lowest BCUT2D eigenvalue weighted by Gasteiger charge is -2.55. The largest absolute Gasteiger partial charge is 0.330 e. The van der Waals surface area contributed by atoms with Gasteiger partial charge in [-0.15, -0.1) is 0 Å². The molecule has 0 radical (unpaired) electrons. The molecule has 1 heteroatoms. The van der Waals surface area contributed by atoms with Crippen LogP contribution in [0.2, 0.25) is 0 Å². The van der Waals surface area contributed by atoms with Gasteiger partial charge in [0.1, 0.15) is 0 Å². The highest BCUT2D eigenvalue weighted by Crippen LogP contribution is 2.56. The first-order valence-corrected chi connectivity index (χ1v) is 8.27. The van der Waals surface area contributed by atoms with Gasteiger partial charge in [-0.05, 0) is 71.5 Å². The van der Waals surface area contributed by atoms with E-state index in [1.54, 1.807) is 0 Å². The second-order valence-electron chi connectivity index (χ2n) is 7.79. The Balaban J connectivity index is 2.32. The summed E-state index contributed by atoms with van der Waals surface area (Å²) in [4.78, 5) is 0. The molecular weight excluding hydrogens is 254 g/mol. The Morgan fingerprint density at radius 1 is 1.33 bits per heavy atom. The molecule has 3 rings (SSSR count). The van der Waals surface area contributed by atoms with Crippen molar-refractivity contribution in [2.45, 2.75) is 71.0 Å². The smallest absolute Gasteiger partial charge is 0.0316 e. The van der Waals surface area contributed by atoms with Crippen LogP contribution in [0.15, 0.2) is 18.2 Å². The minimum Gasteiger partial charge on any atom is -0.330 e. The Labute approximate surface area is 135 Å². The van der Waals surface area contributed by atoms with Crippen molar-refractivity contribution >= 4 is 0 Å². The van der Waals surface area contributed by atoms with E-state index < -0.39 is 24.1 Å². The number of aryl methyl sites for hydroxylation is 1. The minimum atomic E-state index is -2.02. The van der Waals surface area contributed by atoms with E-state index in [2.05, 4.69) is 39.8 Å². The summed E-state index contributed by atoms with van der Waals surface area (Å²) in [5.74, 6) is -0.142. The van der Waals surface area contributed by atoms with Gasteiger partial charge in [0, 0.05) is 5.48 Å². The topological polar surface area (TPSA) is 26.0 Å². The van der Waals surface area contributed by atoms with Gasteiger partial charge >= 0.3 is 0 Å². The third-order valence-corrected chi connectivity index (χ3v) is 5.92. The first-order chi connectivity index (χ1) is 11.4. The number of fused-ring (bicyclic) bond motifs is 3. The fourth-order valence-electron chi connectivity index (χ4n) is 4.43. The Bertz CT molecular complexity index is 684. The van der Waals surface area contributed by atoms with E-state index >= 15 is 0 Å². The molecule has 1 fully saturated rings. The normalized spacial score (nSPS) is 43.0. The number of benzene rings is 1. The highest BCUT2D eigenvalue weighted by molar-refractivity contribution is 5.42. The van der Waals surface area contributed by atoms with E-state index in [9.17, 15) is 0 Å². The number of nitrogens with two attached hydrogens (primary N) is 1. The first kappa shape index (κ1) is 10.8. The van der Waals surface area contributed by atoms with Gasteiger partial charge in [-0.25, -0.2) is 0 Å². The Morgan fingerprint density at radius 3 is 2.76 bits per heavy atom. The molecular formula is C20H31N. The molecule has 1 nitrogen and oxygen atoms in total. The molecule has 0 spiro atoms. The van der Waals surface area contributed by atoms with Crippen LogP contribution in [0.1, 0.15) is 81.4 Å². The highest BCUT2D eigenvalue weighted by atomic mass is 14.7. The monoisotopic (exact) mass is 289 g/mol. The fraction of sp³-hybridized carbons (Fsp3) is 0.700. The molecule has 0 aliphatic heterocycles. The SMILES string of the molecule is [2H]C1([2H])c2cc(C(C)C)ccc2[C@@]2(C)CCC[C@@](C)(CN)[C@@H]2C1([2H])[2H]. The predicted octanol–water partition coefficient (Wildman–Crippen LogP) is 4.78. The summed E-state index contributed by atoms with van der Waals surface area (Å²) in [5.41, 5.74) is 7.93. The van der Waals surface area contributed by atoms with Crippen molar-refractivity contribution in [3.8, 4) is 0 Å². The van der Waals surface area contributed by atoms with Crippen molar-refractivity contribution < 1.29 is 5.48 Å². The quantitative estimate of drug-likeness (QED) is 0.833. The van der Waals surface area contributed by atoms with E-state index in [1.165, 1.54) is 0 Å². The standard InChI is InChI=1S/C20H31N/c1-14(2)15-6-8-17-16(12-15)7-9-18-19(3,13-21)10-5-11-20(17,18)4/h6,8,12,14,18H,5,7,9-11,13,21H2,1-4H3/t18-,19-,20+/m0/s1/i7D2,9D2. The minimum absolute atomic E-state index is 0.290. The summed E-state index contributed by atoms with van der Waals surface area (Å²) < 4.78 is 35.3. The molecule has 116 valence electrons. The van der Waals surface area contributed by atoms with Crippen LogP contribution in [-0.4, -0.2) is 6.54 Å². The van der Waals surface area contributed by atoms with Gasteiger partial charge < -0.3 is 5.73 Å². The summed E-state index contributed by atoms with van der Waals surface area (Å²) in [6.07, 6.45) is -1.23. The van der Waals surface area contributed by atoms with Gasteiger partial charge in [-0.2, -0.15) is 0 Å².